The molecule has 1 fully saturated rings. The number of likely N-dealkylation sites (tertiary alicyclic amines) is 1. The third kappa shape index (κ3) is 6.69. The molecule has 0 unspecified atom stereocenters. The normalized spacial score (nSPS) is 14.2. The maximum Gasteiger partial charge on any atom is 0.242 e. The second-order valence-corrected chi connectivity index (χ2v) is 9.22. The molecule has 2 amide bonds. The highest BCUT2D eigenvalue weighted by atomic mass is 16.2. The molecule has 0 radical (unpaired) electrons. The first-order valence-electron chi connectivity index (χ1n) is 12.7. The topological polar surface area (TPSA) is 67.2 Å². The van der Waals surface area contributed by atoms with Crippen LogP contribution in [0.1, 0.15) is 56.3 Å². The van der Waals surface area contributed by atoms with Gasteiger partial charge in [-0.2, -0.15) is 0 Å². The predicted octanol–water partition coefficient (Wildman–Crippen LogP) is 4.51. The molecule has 180 valence electrons. The van der Waals surface area contributed by atoms with Gasteiger partial charge in [-0.05, 0) is 43.4 Å². The zero-order valence-corrected chi connectivity index (χ0v) is 20.0. The van der Waals surface area contributed by atoms with Crippen molar-refractivity contribution in [2.75, 3.05) is 19.6 Å². The Balaban J connectivity index is 1.27. The van der Waals surface area contributed by atoms with Crippen molar-refractivity contribution in [2.45, 2.75) is 64.3 Å². The van der Waals surface area contributed by atoms with Crippen molar-refractivity contribution in [3.8, 4) is 0 Å². The molecule has 34 heavy (non-hydrogen) atoms. The summed E-state index contributed by atoms with van der Waals surface area (Å²) in [5, 5.41) is 3.02. The van der Waals surface area contributed by atoms with E-state index in [0.717, 1.165) is 74.0 Å². The molecule has 2 aromatic carbocycles. The van der Waals surface area contributed by atoms with Crippen molar-refractivity contribution in [3.63, 3.8) is 0 Å². The van der Waals surface area contributed by atoms with Crippen molar-refractivity contribution in [2.24, 2.45) is 0 Å². The molecular formula is C28H36N4O2. The van der Waals surface area contributed by atoms with Crippen molar-refractivity contribution in [1.82, 2.24) is 19.8 Å². The van der Waals surface area contributed by atoms with E-state index < -0.39 is 0 Å². The summed E-state index contributed by atoms with van der Waals surface area (Å²) in [7, 11) is 0. The van der Waals surface area contributed by atoms with Gasteiger partial charge in [0.15, 0.2) is 0 Å². The molecule has 3 aromatic rings. The van der Waals surface area contributed by atoms with Crippen LogP contribution in [0.25, 0.3) is 11.0 Å². The number of hydrogen-bond donors (Lipinski definition) is 1. The van der Waals surface area contributed by atoms with Gasteiger partial charge in [0, 0.05) is 26.1 Å². The van der Waals surface area contributed by atoms with Crippen LogP contribution in [0.3, 0.4) is 0 Å². The molecule has 1 aliphatic rings. The molecule has 0 spiro atoms. The Labute approximate surface area is 202 Å². The summed E-state index contributed by atoms with van der Waals surface area (Å²) in [5.74, 6) is 1.25. The number of nitrogens with one attached hydrogen (secondary N) is 1. The molecular weight excluding hydrogens is 424 g/mol. The summed E-state index contributed by atoms with van der Waals surface area (Å²) >= 11 is 0. The van der Waals surface area contributed by atoms with Gasteiger partial charge in [-0.15, -0.1) is 0 Å². The maximum absolute atomic E-state index is 13.1. The summed E-state index contributed by atoms with van der Waals surface area (Å²) in [6.07, 6.45) is 8.83. The average Bonchev–Trinajstić information content (AvgIpc) is 3.01. The number of imidazole rings is 1. The van der Waals surface area contributed by atoms with Crippen LogP contribution in [0.2, 0.25) is 0 Å². The number of aromatic nitrogens is 2. The number of nitrogens with zero attached hydrogens (tertiary/aromatic N) is 3. The summed E-state index contributed by atoms with van der Waals surface area (Å²) in [6.45, 7) is 2.80. The summed E-state index contributed by atoms with van der Waals surface area (Å²) in [4.78, 5) is 32.0. The zero-order chi connectivity index (χ0) is 23.6. The third-order valence-electron chi connectivity index (χ3n) is 6.59. The Morgan fingerprint density at radius 3 is 2.38 bits per heavy atom. The van der Waals surface area contributed by atoms with Gasteiger partial charge in [-0.25, -0.2) is 4.98 Å². The van der Waals surface area contributed by atoms with E-state index in [1.807, 2.05) is 53.4 Å². The predicted molar refractivity (Wildman–Crippen MR) is 135 cm³/mol. The highest BCUT2D eigenvalue weighted by Gasteiger charge is 2.19. The van der Waals surface area contributed by atoms with Crippen molar-refractivity contribution >= 4 is 22.8 Å². The number of carbonyl (C=O) groups excluding carboxylic acids is 2. The molecule has 0 bridgehead atoms. The Morgan fingerprint density at radius 1 is 0.853 bits per heavy atom. The van der Waals surface area contributed by atoms with E-state index in [9.17, 15) is 9.59 Å². The van der Waals surface area contributed by atoms with Crippen molar-refractivity contribution in [3.05, 3.63) is 66.0 Å². The quantitative estimate of drug-likeness (QED) is 0.453. The lowest BCUT2D eigenvalue weighted by Crippen LogP contribution is -2.34. The molecule has 1 aliphatic heterocycles. The van der Waals surface area contributed by atoms with E-state index >= 15 is 0 Å². The first-order valence-corrected chi connectivity index (χ1v) is 12.7. The van der Waals surface area contributed by atoms with E-state index in [2.05, 4.69) is 16.0 Å². The van der Waals surface area contributed by atoms with E-state index in [1.54, 1.807) is 0 Å². The van der Waals surface area contributed by atoms with Crippen LogP contribution in [0.5, 0.6) is 0 Å². The number of benzene rings is 2. The van der Waals surface area contributed by atoms with Crippen LogP contribution in [0.15, 0.2) is 54.6 Å². The molecule has 0 saturated carbocycles. The molecule has 2 heterocycles. The number of fused-ring (bicyclic) bond motifs is 1. The standard InChI is InChI=1S/C28H36N4O2/c33-27(21-23-13-5-3-6-14-23)29-18-10-4-7-17-26-30-24-15-8-9-16-25(24)32(26)22-28(34)31-19-11-1-2-12-20-31/h3,5-6,8-9,13-16H,1-2,4,7,10-12,17-22H2,(H,29,33). The first kappa shape index (κ1) is 24.0. The van der Waals surface area contributed by atoms with Crippen LogP contribution in [-0.2, 0) is 29.0 Å². The molecule has 6 nitrogen and oxygen atoms in total. The van der Waals surface area contributed by atoms with Gasteiger partial charge in [0.05, 0.1) is 17.5 Å². The van der Waals surface area contributed by atoms with Crippen LogP contribution in [-0.4, -0.2) is 45.9 Å². The van der Waals surface area contributed by atoms with E-state index in [1.165, 1.54) is 12.8 Å². The van der Waals surface area contributed by atoms with Gasteiger partial charge in [-0.3, -0.25) is 9.59 Å². The minimum atomic E-state index is 0.0695. The zero-order valence-electron chi connectivity index (χ0n) is 20.0. The second kappa shape index (κ2) is 12.4. The molecule has 0 atom stereocenters. The Morgan fingerprint density at radius 2 is 1.59 bits per heavy atom. The Bertz CT molecular complexity index is 1070. The van der Waals surface area contributed by atoms with Crippen molar-refractivity contribution < 1.29 is 9.59 Å². The average molecular weight is 461 g/mol. The Hall–Kier alpha value is -3.15. The minimum absolute atomic E-state index is 0.0695. The van der Waals surface area contributed by atoms with Gasteiger partial charge in [0.1, 0.15) is 12.4 Å². The van der Waals surface area contributed by atoms with Crippen LogP contribution in [0.4, 0.5) is 0 Å². The summed E-state index contributed by atoms with van der Waals surface area (Å²) in [5.41, 5.74) is 3.02. The number of rotatable bonds is 10. The first-order chi connectivity index (χ1) is 16.7. The summed E-state index contributed by atoms with van der Waals surface area (Å²) in [6, 6.07) is 17.9. The van der Waals surface area contributed by atoms with E-state index in [0.29, 0.717) is 19.5 Å². The molecule has 4 rings (SSSR count). The van der Waals surface area contributed by atoms with Gasteiger partial charge in [0.2, 0.25) is 11.8 Å². The fourth-order valence-corrected chi connectivity index (χ4v) is 4.70. The summed E-state index contributed by atoms with van der Waals surface area (Å²) < 4.78 is 2.12. The molecule has 6 heteroatoms. The highest BCUT2D eigenvalue weighted by Crippen LogP contribution is 2.19. The number of aryl methyl sites for hydroxylation is 1. The molecule has 0 aliphatic carbocycles. The largest absolute Gasteiger partial charge is 0.356 e. The smallest absolute Gasteiger partial charge is 0.242 e. The molecule has 1 saturated heterocycles. The number of carbonyl (C=O) groups is 2. The Kier molecular flexibility index (Phi) is 8.71. The number of unbranched alkanes of at least 4 members (excludes halogenated alkanes) is 2. The van der Waals surface area contributed by atoms with Gasteiger partial charge in [-0.1, -0.05) is 61.7 Å². The van der Waals surface area contributed by atoms with Crippen LogP contribution >= 0.6 is 0 Å². The maximum atomic E-state index is 13.1. The van der Waals surface area contributed by atoms with Gasteiger partial charge >= 0.3 is 0 Å². The molecule has 1 aromatic heterocycles. The van der Waals surface area contributed by atoms with E-state index in [-0.39, 0.29) is 11.8 Å². The fourth-order valence-electron chi connectivity index (χ4n) is 4.70. The molecule has 1 N–H and O–H groups in total. The SMILES string of the molecule is O=C(Cc1ccccc1)NCCCCCc1nc2ccccc2n1CC(=O)N1CCCCCC1. The van der Waals surface area contributed by atoms with Gasteiger partial charge < -0.3 is 14.8 Å². The lowest BCUT2D eigenvalue weighted by Gasteiger charge is -2.21. The number of para-hydroxylation sites is 2. The van der Waals surface area contributed by atoms with Crippen LogP contribution < -0.4 is 5.32 Å². The fraction of sp³-hybridized carbons (Fsp3) is 0.464. The number of hydrogen-bond acceptors (Lipinski definition) is 3. The van der Waals surface area contributed by atoms with E-state index in [4.69, 9.17) is 4.98 Å². The van der Waals surface area contributed by atoms with Crippen molar-refractivity contribution in [1.29, 1.82) is 0 Å². The lowest BCUT2D eigenvalue weighted by molar-refractivity contribution is -0.131. The second-order valence-electron chi connectivity index (χ2n) is 9.22. The lowest BCUT2D eigenvalue weighted by atomic mass is 10.1. The van der Waals surface area contributed by atoms with Gasteiger partial charge in [0.25, 0.3) is 0 Å². The highest BCUT2D eigenvalue weighted by molar-refractivity contribution is 5.81. The monoisotopic (exact) mass is 460 g/mol. The number of amides is 2. The minimum Gasteiger partial charge on any atom is -0.356 e. The van der Waals surface area contributed by atoms with Crippen LogP contribution in [0, 0.1) is 0 Å². The third-order valence-corrected chi connectivity index (χ3v) is 6.59.